The predicted octanol–water partition coefficient (Wildman–Crippen LogP) is 2.98. The Morgan fingerprint density at radius 2 is 1.91 bits per heavy atom. The smallest absolute Gasteiger partial charge is 0.234 e. The summed E-state index contributed by atoms with van der Waals surface area (Å²) in [6.07, 6.45) is 0. The predicted molar refractivity (Wildman–Crippen MR) is 83.2 cm³/mol. The number of furan rings is 1. The van der Waals surface area contributed by atoms with E-state index in [0.29, 0.717) is 33.8 Å². The number of fused-ring (bicyclic) bond motifs is 2. The molecule has 0 atom stereocenters. The summed E-state index contributed by atoms with van der Waals surface area (Å²) in [5, 5.41) is 0.618. The summed E-state index contributed by atoms with van der Waals surface area (Å²) in [5.41, 5.74) is 7.25. The number of hydrogen-bond acceptors (Lipinski definition) is 6. The minimum Gasteiger partial charge on any atom is -0.496 e. The van der Waals surface area contributed by atoms with Crippen LogP contribution >= 0.6 is 0 Å². The van der Waals surface area contributed by atoms with Gasteiger partial charge in [0.15, 0.2) is 17.3 Å². The molecule has 116 valence electrons. The van der Waals surface area contributed by atoms with Crippen LogP contribution in [0.4, 0.5) is 5.69 Å². The van der Waals surface area contributed by atoms with Gasteiger partial charge in [-0.05, 0) is 18.2 Å². The van der Waals surface area contributed by atoms with Crippen LogP contribution in [0.3, 0.4) is 0 Å². The number of anilines is 1. The maximum Gasteiger partial charge on any atom is 0.234 e. The third-order valence-corrected chi connectivity index (χ3v) is 3.78. The lowest BCUT2D eigenvalue weighted by atomic mass is 10.1. The minimum absolute atomic E-state index is 0.0770. The van der Waals surface area contributed by atoms with Crippen molar-refractivity contribution in [3.63, 3.8) is 0 Å². The van der Waals surface area contributed by atoms with Crippen LogP contribution < -0.4 is 19.9 Å². The SMILES string of the molecule is COc1ccccc1C(=O)c1oc2cc3c(cc2c1N)OCO3. The van der Waals surface area contributed by atoms with Gasteiger partial charge in [0, 0.05) is 11.5 Å². The fourth-order valence-corrected chi connectivity index (χ4v) is 2.63. The second-order valence-corrected chi connectivity index (χ2v) is 5.08. The summed E-state index contributed by atoms with van der Waals surface area (Å²) in [7, 11) is 1.51. The number of carbonyl (C=O) groups is 1. The third kappa shape index (κ3) is 1.99. The zero-order valence-electron chi connectivity index (χ0n) is 12.3. The van der Waals surface area contributed by atoms with Crippen LogP contribution in [-0.4, -0.2) is 19.7 Å². The first kappa shape index (κ1) is 13.5. The van der Waals surface area contributed by atoms with Crippen molar-refractivity contribution < 1.29 is 23.4 Å². The summed E-state index contributed by atoms with van der Waals surface area (Å²) in [4.78, 5) is 12.8. The van der Waals surface area contributed by atoms with Crippen LogP contribution in [0.25, 0.3) is 11.0 Å². The number of ether oxygens (including phenoxy) is 3. The maximum absolute atomic E-state index is 12.8. The van der Waals surface area contributed by atoms with Crippen LogP contribution in [0.15, 0.2) is 40.8 Å². The fourth-order valence-electron chi connectivity index (χ4n) is 2.63. The van der Waals surface area contributed by atoms with Gasteiger partial charge in [0.2, 0.25) is 12.6 Å². The Labute approximate surface area is 131 Å². The second kappa shape index (κ2) is 4.95. The normalized spacial score (nSPS) is 12.6. The van der Waals surface area contributed by atoms with Crippen molar-refractivity contribution >= 4 is 22.4 Å². The molecule has 0 spiro atoms. The molecule has 6 heteroatoms. The summed E-state index contributed by atoms with van der Waals surface area (Å²) >= 11 is 0. The molecule has 0 aliphatic carbocycles. The van der Waals surface area contributed by atoms with Crippen molar-refractivity contribution in [1.82, 2.24) is 0 Å². The van der Waals surface area contributed by atoms with Crippen molar-refractivity contribution in [2.45, 2.75) is 0 Å². The minimum atomic E-state index is -0.335. The Bertz CT molecular complexity index is 928. The summed E-state index contributed by atoms with van der Waals surface area (Å²) in [5.74, 6) is 1.36. The molecule has 3 aromatic rings. The summed E-state index contributed by atoms with van der Waals surface area (Å²) in [6.45, 7) is 0.162. The van der Waals surface area contributed by atoms with Crippen LogP contribution in [0.2, 0.25) is 0 Å². The Morgan fingerprint density at radius 3 is 2.70 bits per heavy atom. The van der Waals surface area contributed by atoms with E-state index in [4.69, 9.17) is 24.4 Å². The highest BCUT2D eigenvalue weighted by Gasteiger charge is 2.25. The van der Waals surface area contributed by atoms with Gasteiger partial charge in [-0.1, -0.05) is 12.1 Å². The van der Waals surface area contributed by atoms with E-state index in [2.05, 4.69) is 0 Å². The highest BCUT2D eigenvalue weighted by molar-refractivity contribution is 6.15. The number of hydrogen-bond donors (Lipinski definition) is 1. The average molecular weight is 311 g/mol. The highest BCUT2D eigenvalue weighted by atomic mass is 16.7. The van der Waals surface area contributed by atoms with Gasteiger partial charge in [-0.25, -0.2) is 0 Å². The molecule has 0 bridgehead atoms. The van der Waals surface area contributed by atoms with Crippen LogP contribution in [-0.2, 0) is 0 Å². The van der Waals surface area contributed by atoms with Gasteiger partial charge in [-0.3, -0.25) is 4.79 Å². The van der Waals surface area contributed by atoms with Gasteiger partial charge in [0.05, 0.1) is 18.4 Å². The Kier molecular flexibility index (Phi) is 2.90. The number of benzene rings is 2. The Morgan fingerprint density at radius 1 is 1.17 bits per heavy atom. The lowest BCUT2D eigenvalue weighted by Crippen LogP contribution is -2.05. The largest absolute Gasteiger partial charge is 0.496 e. The standard InChI is InChI=1S/C17H13NO5/c1-20-11-5-3-2-4-9(11)16(19)17-15(18)10-6-13-14(22-8-21-13)7-12(10)23-17/h2-7H,8,18H2,1H3. The van der Waals surface area contributed by atoms with Crippen molar-refractivity contribution in [3.05, 3.63) is 47.7 Å². The molecule has 0 radical (unpaired) electrons. The molecular formula is C17H13NO5. The van der Waals surface area contributed by atoms with E-state index in [1.165, 1.54) is 7.11 Å². The zero-order chi connectivity index (χ0) is 16.0. The molecule has 0 saturated heterocycles. The number of carbonyl (C=O) groups excluding carboxylic acids is 1. The monoisotopic (exact) mass is 311 g/mol. The lowest BCUT2D eigenvalue weighted by molar-refractivity contribution is 0.101. The van der Waals surface area contributed by atoms with E-state index in [1.807, 2.05) is 0 Å². The van der Waals surface area contributed by atoms with Crippen LogP contribution in [0.5, 0.6) is 17.2 Å². The number of rotatable bonds is 3. The number of methoxy groups -OCH3 is 1. The molecule has 0 saturated carbocycles. The van der Waals surface area contributed by atoms with E-state index < -0.39 is 0 Å². The number of nitrogens with two attached hydrogens (primary N) is 1. The molecule has 0 unspecified atom stereocenters. The molecule has 4 rings (SSSR count). The molecule has 1 aliphatic heterocycles. The molecule has 2 heterocycles. The van der Waals surface area contributed by atoms with Gasteiger partial charge >= 0.3 is 0 Å². The number of nitrogen functional groups attached to an aromatic ring is 1. The van der Waals surface area contributed by atoms with Crippen molar-refractivity contribution in [1.29, 1.82) is 0 Å². The lowest BCUT2D eigenvalue weighted by Gasteiger charge is -2.05. The van der Waals surface area contributed by atoms with E-state index in [0.717, 1.165) is 0 Å². The maximum atomic E-state index is 12.8. The molecule has 0 fully saturated rings. The molecule has 1 aliphatic rings. The molecular weight excluding hydrogens is 298 g/mol. The zero-order valence-corrected chi connectivity index (χ0v) is 12.3. The van der Waals surface area contributed by atoms with E-state index >= 15 is 0 Å². The van der Waals surface area contributed by atoms with Crippen LogP contribution in [0.1, 0.15) is 16.1 Å². The topological polar surface area (TPSA) is 83.9 Å². The first-order chi connectivity index (χ1) is 11.2. The summed E-state index contributed by atoms with van der Waals surface area (Å²) < 4.78 is 21.5. The van der Waals surface area contributed by atoms with Crippen molar-refractivity contribution in [2.24, 2.45) is 0 Å². The molecule has 0 amide bonds. The average Bonchev–Trinajstić information content (AvgIpc) is 3.16. The molecule has 23 heavy (non-hydrogen) atoms. The molecule has 2 aromatic carbocycles. The van der Waals surface area contributed by atoms with E-state index in [9.17, 15) is 4.79 Å². The number of ketones is 1. The van der Waals surface area contributed by atoms with E-state index in [-0.39, 0.29) is 24.0 Å². The highest BCUT2D eigenvalue weighted by Crippen LogP contribution is 2.41. The van der Waals surface area contributed by atoms with Gasteiger partial charge < -0.3 is 24.4 Å². The first-order valence-corrected chi connectivity index (χ1v) is 6.98. The Balaban J connectivity index is 1.86. The van der Waals surface area contributed by atoms with Gasteiger partial charge in [0.1, 0.15) is 11.3 Å². The fraction of sp³-hybridized carbons (Fsp3) is 0.118. The molecule has 2 N–H and O–H groups in total. The van der Waals surface area contributed by atoms with Crippen molar-refractivity contribution in [3.8, 4) is 17.2 Å². The second-order valence-electron chi connectivity index (χ2n) is 5.08. The third-order valence-electron chi connectivity index (χ3n) is 3.78. The van der Waals surface area contributed by atoms with E-state index in [1.54, 1.807) is 36.4 Å². The van der Waals surface area contributed by atoms with Gasteiger partial charge in [-0.15, -0.1) is 0 Å². The van der Waals surface area contributed by atoms with Crippen LogP contribution in [0, 0.1) is 0 Å². The quantitative estimate of drug-likeness (QED) is 0.749. The number of para-hydroxylation sites is 1. The summed E-state index contributed by atoms with van der Waals surface area (Å²) in [6, 6.07) is 10.3. The van der Waals surface area contributed by atoms with Crippen molar-refractivity contribution in [2.75, 3.05) is 19.6 Å². The Hall–Kier alpha value is -3.15. The van der Waals surface area contributed by atoms with Gasteiger partial charge in [-0.2, -0.15) is 0 Å². The molecule has 1 aromatic heterocycles. The van der Waals surface area contributed by atoms with Gasteiger partial charge in [0.25, 0.3) is 0 Å². The first-order valence-electron chi connectivity index (χ1n) is 6.98. The molecule has 6 nitrogen and oxygen atoms in total.